The highest BCUT2D eigenvalue weighted by Gasteiger charge is 2.23. The van der Waals surface area contributed by atoms with E-state index in [4.69, 9.17) is 16.3 Å². The van der Waals surface area contributed by atoms with E-state index in [-0.39, 0.29) is 12.5 Å². The number of nitrogens with zero attached hydrogens (tertiary/aromatic N) is 6. The Bertz CT molecular complexity index is 939. The molecule has 0 saturated carbocycles. The van der Waals surface area contributed by atoms with E-state index < -0.39 is 0 Å². The predicted octanol–water partition coefficient (Wildman–Crippen LogP) is 2.04. The quantitative estimate of drug-likeness (QED) is 0.616. The average molecular weight is 413 g/mol. The van der Waals surface area contributed by atoms with Gasteiger partial charge in [-0.05, 0) is 46.8 Å². The Morgan fingerprint density at radius 2 is 1.72 bits per heavy atom. The van der Waals surface area contributed by atoms with E-state index in [9.17, 15) is 4.79 Å². The van der Waals surface area contributed by atoms with Crippen LogP contribution >= 0.6 is 11.6 Å². The fraction of sp³-hybridized carbons (Fsp3) is 0.300. The normalized spacial score (nSPS) is 14.7. The zero-order valence-corrected chi connectivity index (χ0v) is 16.6. The Kier molecular flexibility index (Phi) is 6.02. The third kappa shape index (κ3) is 4.90. The van der Waals surface area contributed by atoms with Crippen LogP contribution in [-0.4, -0.2) is 68.7 Å². The Balaban J connectivity index is 1.29. The molecule has 29 heavy (non-hydrogen) atoms. The van der Waals surface area contributed by atoms with Crippen molar-refractivity contribution in [2.45, 2.75) is 6.54 Å². The first kappa shape index (κ1) is 19.4. The highest BCUT2D eigenvalue weighted by Crippen LogP contribution is 2.15. The zero-order chi connectivity index (χ0) is 20.1. The number of amides is 1. The molecule has 0 aliphatic carbocycles. The highest BCUT2D eigenvalue weighted by molar-refractivity contribution is 6.30. The molecule has 2 aromatic carbocycles. The molecular formula is C20H21ClN6O2. The Hall–Kier alpha value is -2.97. The summed E-state index contributed by atoms with van der Waals surface area (Å²) in [6, 6.07) is 16.8. The second-order valence-corrected chi connectivity index (χ2v) is 7.18. The monoisotopic (exact) mass is 412 g/mol. The number of carbonyl (C=O) groups is 1. The fourth-order valence-corrected chi connectivity index (χ4v) is 3.32. The molecule has 0 N–H and O–H groups in total. The number of aromatic nitrogens is 4. The van der Waals surface area contributed by atoms with Gasteiger partial charge in [0, 0.05) is 31.2 Å². The van der Waals surface area contributed by atoms with Gasteiger partial charge in [0.25, 0.3) is 5.91 Å². The summed E-state index contributed by atoms with van der Waals surface area (Å²) in [5.41, 5.74) is 0.862. The number of hydrogen-bond donors (Lipinski definition) is 0. The molecule has 0 unspecified atom stereocenters. The van der Waals surface area contributed by atoms with Gasteiger partial charge in [-0.1, -0.05) is 29.8 Å². The SMILES string of the molecule is O=C(COc1ccccc1)N1CCN(Cc2nnnn2-c2ccc(Cl)cc2)CC1. The van der Waals surface area contributed by atoms with Gasteiger partial charge in [0.2, 0.25) is 0 Å². The van der Waals surface area contributed by atoms with Crippen molar-refractivity contribution in [2.24, 2.45) is 0 Å². The van der Waals surface area contributed by atoms with Gasteiger partial charge in [0.1, 0.15) is 5.75 Å². The van der Waals surface area contributed by atoms with Gasteiger partial charge in [0.15, 0.2) is 12.4 Å². The molecule has 1 aromatic heterocycles. The van der Waals surface area contributed by atoms with Crippen molar-refractivity contribution >= 4 is 17.5 Å². The second kappa shape index (κ2) is 9.02. The smallest absolute Gasteiger partial charge is 0.260 e. The van der Waals surface area contributed by atoms with Crippen molar-refractivity contribution in [1.82, 2.24) is 30.0 Å². The molecule has 150 valence electrons. The van der Waals surface area contributed by atoms with Crippen LogP contribution in [0.2, 0.25) is 5.02 Å². The highest BCUT2D eigenvalue weighted by atomic mass is 35.5. The summed E-state index contributed by atoms with van der Waals surface area (Å²) < 4.78 is 7.27. The van der Waals surface area contributed by atoms with Gasteiger partial charge < -0.3 is 9.64 Å². The number of ether oxygens (including phenoxy) is 1. The van der Waals surface area contributed by atoms with Crippen LogP contribution in [0.25, 0.3) is 5.69 Å². The molecule has 0 radical (unpaired) electrons. The van der Waals surface area contributed by atoms with E-state index >= 15 is 0 Å². The van der Waals surface area contributed by atoms with E-state index in [0.717, 1.165) is 24.6 Å². The van der Waals surface area contributed by atoms with Crippen molar-refractivity contribution in [2.75, 3.05) is 32.8 Å². The zero-order valence-electron chi connectivity index (χ0n) is 15.8. The summed E-state index contributed by atoms with van der Waals surface area (Å²) in [4.78, 5) is 16.5. The number of tetrazole rings is 1. The lowest BCUT2D eigenvalue weighted by molar-refractivity contribution is -0.135. The number of benzene rings is 2. The van der Waals surface area contributed by atoms with Crippen molar-refractivity contribution in [3.05, 3.63) is 65.4 Å². The molecule has 2 heterocycles. The molecule has 0 spiro atoms. The van der Waals surface area contributed by atoms with Crippen molar-refractivity contribution in [3.8, 4) is 11.4 Å². The molecule has 8 nitrogen and oxygen atoms in total. The first-order valence-corrected chi connectivity index (χ1v) is 9.78. The van der Waals surface area contributed by atoms with Crippen LogP contribution < -0.4 is 4.74 Å². The third-order valence-corrected chi connectivity index (χ3v) is 5.05. The minimum absolute atomic E-state index is 0.000462. The van der Waals surface area contributed by atoms with Crippen LogP contribution in [0, 0.1) is 0 Å². The lowest BCUT2D eigenvalue weighted by atomic mass is 10.3. The van der Waals surface area contributed by atoms with Gasteiger partial charge in [-0.15, -0.1) is 5.10 Å². The van der Waals surface area contributed by atoms with Crippen LogP contribution in [0.4, 0.5) is 0 Å². The van der Waals surface area contributed by atoms with E-state index in [0.29, 0.717) is 30.4 Å². The predicted molar refractivity (Wildman–Crippen MR) is 108 cm³/mol. The summed E-state index contributed by atoms with van der Waals surface area (Å²) in [7, 11) is 0. The standard InChI is InChI=1S/C20H21ClN6O2/c21-16-6-8-17(9-7-16)27-19(22-23-24-27)14-25-10-12-26(13-11-25)20(28)15-29-18-4-2-1-3-5-18/h1-9H,10-15H2. The average Bonchev–Trinajstić information content (AvgIpc) is 3.22. The lowest BCUT2D eigenvalue weighted by Gasteiger charge is -2.34. The van der Waals surface area contributed by atoms with Crippen LogP contribution in [-0.2, 0) is 11.3 Å². The largest absolute Gasteiger partial charge is 0.484 e. The molecule has 3 aromatic rings. The Labute approximate surface area is 173 Å². The van der Waals surface area contributed by atoms with Gasteiger partial charge in [-0.2, -0.15) is 4.68 Å². The molecule has 4 rings (SSSR count). The number of piperazine rings is 1. The molecular weight excluding hydrogens is 392 g/mol. The number of carbonyl (C=O) groups excluding carboxylic acids is 1. The molecule has 1 amide bonds. The Morgan fingerprint density at radius 1 is 1.00 bits per heavy atom. The summed E-state index contributed by atoms with van der Waals surface area (Å²) in [5, 5.41) is 12.7. The summed E-state index contributed by atoms with van der Waals surface area (Å²) in [5.74, 6) is 1.45. The minimum atomic E-state index is -0.000462. The van der Waals surface area contributed by atoms with Gasteiger partial charge in [-0.3, -0.25) is 9.69 Å². The maximum Gasteiger partial charge on any atom is 0.260 e. The summed E-state index contributed by atoms with van der Waals surface area (Å²) in [6.07, 6.45) is 0. The molecule has 0 atom stereocenters. The van der Waals surface area contributed by atoms with Crippen LogP contribution in [0.3, 0.4) is 0 Å². The van der Waals surface area contributed by atoms with E-state index in [1.165, 1.54) is 0 Å². The van der Waals surface area contributed by atoms with Crippen molar-refractivity contribution < 1.29 is 9.53 Å². The topological polar surface area (TPSA) is 76.4 Å². The van der Waals surface area contributed by atoms with E-state index in [2.05, 4.69) is 20.4 Å². The first-order chi connectivity index (χ1) is 14.2. The van der Waals surface area contributed by atoms with Crippen LogP contribution in [0.5, 0.6) is 5.75 Å². The maximum atomic E-state index is 12.4. The number of rotatable bonds is 6. The van der Waals surface area contributed by atoms with Crippen LogP contribution in [0.15, 0.2) is 54.6 Å². The number of hydrogen-bond acceptors (Lipinski definition) is 6. The molecule has 1 fully saturated rings. The fourth-order valence-electron chi connectivity index (χ4n) is 3.20. The van der Waals surface area contributed by atoms with Gasteiger partial charge in [0.05, 0.1) is 12.2 Å². The third-order valence-electron chi connectivity index (χ3n) is 4.80. The first-order valence-electron chi connectivity index (χ1n) is 9.40. The molecule has 1 aliphatic heterocycles. The van der Waals surface area contributed by atoms with E-state index in [1.54, 1.807) is 4.68 Å². The number of para-hydroxylation sites is 1. The van der Waals surface area contributed by atoms with Crippen molar-refractivity contribution in [1.29, 1.82) is 0 Å². The molecule has 1 saturated heterocycles. The second-order valence-electron chi connectivity index (χ2n) is 6.74. The van der Waals surface area contributed by atoms with Gasteiger partial charge in [-0.25, -0.2) is 0 Å². The summed E-state index contributed by atoms with van der Waals surface area (Å²) >= 11 is 5.95. The molecule has 0 bridgehead atoms. The molecule has 1 aliphatic rings. The summed E-state index contributed by atoms with van der Waals surface area (Å²) in [6.45, 7) is 3.48. The lowest BCUT2D eigenvalue weighted by Crippen LogP contribution is -2.49. The van der Waals surface area contributed by atoms with Crippen LogP contribution in [0.1, 0.15) is 5.82 Å². The molecule has 9 heteroatoms. The number of halogens is 1. The van der Waals surface area contributed by atoms with Crippen molar-refractivity contribution in [3.63, 3.8) is 0 Å². The maximum absolute atomic E-state index is 12.4. The van der Waals surface area contributed by atoms with Gasteiger partial charge >= 0.3 is 0 Å². The minimum Gasteiger partial charge on any atom is -0.484 e. The van der Waals surface area contributed by atoms with E-state index in [1.807, 2.05) is 59.5 Å². The Morgan fingerprint density at radius 3 is 2.45 bits per heavy atom.